The van der Waals surface area contributed by atoms with Crippen LogP contribution in [-0.4, -0.2) is 19.0 Å². The molecule has 9 heavy (non-hydrogen) atoms. The molecule has 0 aromatic rings. The van der Waals surface area contributed by atoms with E-state index < -0.39 is 0 Å². The first-order valence-corrected chi connectivity index (χ1v) is 3.15. The fraction of sp³-hybridized carbons (Fsp3) is 0.714. The zero-order chi connectivity index (χ0) is 7.33. The van der Waals surface area contributed by atoms with E-state index in [2.05, 4.69) is 4.99 Å². The van der Waals surface area contributed by atoms with Gasteiger partial charge in [0.1, 0.15) is 0 Å². The summed E-state index contributed by atoms with van der Waals surface area (Å²) in [5, 5.41) is 6.97. The van der Waals surface area contributed by atoms with Gasteiger partial charge in [0, 0.05) is 24.4 Å². The van der Waals surface area contributed by atoms with Gasteiger partial charge in [-0.1, -0.05) is 0 Å². The Kier molecular flexibility index (Phi) is 3.13. The van der Waals surface area contributed by atoms with Gasteiger partial charge < -0.3 is 5.41 Å². The molecule has 2 nitrogen and oxygen atoms in total. The van der Waals surface area contributed by atoms with E-state index in [0.29, 0.717) is 0 Å². The van der Waals surface area contributed by atoms with E-state index in [1.807, 2.05) is 20.8 Å². The van der Waals surface area contributed by atoms with Crippen LogP contribution in [0.3, 0.4) is 0 Å². The monoisotopic (exact) mass is 126 g/mol. The molecule has 0 fully saturated rings. The maximum absolute atomic E-state index is 6.97. The minimum absolute atomic E-state index is 0.157. The lowest BCUT2D eigenvalue weighted by Gasteiger charge is -2.09. The van der Waals surface area contributed by atoms with Gasteiger partial charge in [0.05, 0.1) is 0 Å². The lowest BCUT2D eigenvalue weighted by atomic mass is 9.98. The SMILES string of the molecule is CCN=CC(C)(C)C=N. The van der Waals surface area contributed by atoms with Crippen molar-refractivity contribution < 1.29 is 0 Å². The highest BCUT2D eigenvalue weighted by Crippen LogP contribution is 2.05. The third-order valence-electron chi connectivity index (χ3n) is 0.979. The van der Waals surface area contributed by atoms with Crippen molar-refractivity contribution in [3.8, 4) is 0 Å². The van der Waals surface area contributed by atoms with Crippen molar-refractivity contribution in [1.29, 1.82) is 5.41 Å². The fourth-order valence-electron chi connectivity index (χ4n) is 0.364. The van der Waals surface area contributed by atoms with Gasteiger partial charge in [-0.3, -0.25) is 4.99 Å². The Morgan fingerprint density at radius 3 is 2.44 bits per heavy atom. The van der Waals surface area contributed by atoms with Crippen LogP contribution < -0.4 is 0 Å². The van der Waals surface area contributed by atoms with Crippen LogP contribution in [-0.2, 0) is 0 Å². The molecule has 0 aromatic heterocycles. The smallest absolute Gasteiger partial charge is 0.0357 e. The van der Waals surface area contributed by atoms with Crippen molar-refractivity contribution in [2.45, 2.75) is 20.8 Å². The lowest BCUT2D eigenvalue weighted by molar-refractivity contribution is 0.756. The minimum atomic E-state index is -0.157. The number of hydrogen-bond acceptors (Lipinski definition) is 2. The minimum Gasteiger partial charge on any atom is -0.312 e. The topological polar surface area (TPSA) is 36.2 Å². The molecule has 0 aliphatic heterocycles. The van der Waals surface area contributed by atoms with Gasteiger partial charge in [-0.05, 0) is 20.8 Å². The molecule has 0 aliphatic carbocycles. The maximum Gasteiger partial charge on any atom is 0.0357 e. The van der Waals surface area contributed by atoms with E-state index in [0.717, 1.165) is 6.54 Å². The van der Waals surface area contributed by atoms with E-state index in [1.165, 1.54) is 6.21 Å². The predicted molar refractivity (Wildman–Crippen MR) is 41.6 cm³/mol. The second-order valence-corrected chi connectivity index (χ2v) is 2.59. The highest BCUT2D eigenvalue weighted by Gasteiger charge is 2.08. The van der Waals surface area contributed by atoms with Crippen molar-refractivity contribution in [2.75, 3.05) is 6.54 Å². The first kappa shape index (κ1) is 8.34. The summed E-state index contributed by atoms with van der Waals surface area (Å²) in [6.45, 7) is 6.70. The molecule has 52 valence electrons. The van der Waals surface area contributed by atoms with E-state index >= 15 is 0 Å². The molecule has 0 rings (SSSR count). The molecule has 0 saturated carbocycles. The largest absolute Gasteiger partial charge is 0.312 e. The van der Waals surface area contributed by atoms with Crippen LogP contribution in [0.25, 0.3) is 0 Å². The Balaban J connectivity index is 3.84. The number of rotatable bonds is 3. The Morgan fingerprint density at radius 1 is 1.56 bits per heavy atom. The molecule has 0 radical (unpaired) electrons. The standard InChI is InChI=1S/C7H14N2/c1-4-9-6-7(2,3)5-8/h5-6,8H,4H2,1-3H3. The molecular weight excluding hydrogens is 112 g/mol. The zero-order valence-corrected chi connectivity index (χ0v) is 6.31. The Labute approximate surface area is 56.5 Å². The molecule has 0 amide bonds. The molecule has 0 unspecified atom stereocenters. The quantitative estimate of drug-likeness (QED) is 0.559. The molecular formula is C7H14N2. The Bertz CT molecular complexity index is 114. The van der Waals surface area contributed by atoms with E-state index in [-0.39, 0.29) is 5.41 Å². The molecule has 0 atom stereocenters. The van der Waals surface area contributed by atoms with Gasteiger partial charge in [-0.2, -0.15) is 0 Å². The van der Waals surface area contributed by atoms with Gasteiger partial charge in [0.2, 0.25) is 0 Å². The van der Waals surface area contributed by atoms with Crippen LogP contribution >= 0.6 is 0 Å². The number of hydrogen-bond donors (Lipinski definition) is 1. The van der Waals surface area contributed by atoms with Crippen LogP contribution in [0.4, 0.5) is 0 Å². The summed E-state index contributed by atoms with van der Waals surface area (Å²) in [7, 11) is 0. The van der Waals surface area contributed by atoms with E-state index in [1.54, 1.807) is 6.21 Å². The number of nitrogens with zero attached hydrogens (tertiary/aromatic N) is 1. The average Bonchev–Trinajstić information content (AvgIpc) is 1.84. The highest BCUT2D eigenvalue weighted by molar-refractivity contribution is 5.86. The van der Waals surface area contributed by atoms with Gasteiger partial charge >= 0.3 is 0 Å². The van der Waals surface area contributed by atoms with Crippen LogP contribution in [0.1, 0.15) is 20.8 Å². The van der Waals surface area contributed by atoms with Crippen molar-refractivity contribution in [2.24, 2.45) is 10.4 Å². The van der Waals surface area contributed by atoms with E-state index in [9.17, 15) is 0 Å². The molecule has 0 aliphatic rings. The molecule has 0 saturated heterocycles. The first-order chi connectivity index (χ1) is 4.12. The van der Waals surface area contributed by atoms with Crippen molar-refractivity contribution in [3.63, 3.8) is 0 Å². The van der Waals surface area contributed by atoms with Crippen LogP contribution in [0.2, 0.25) is 0 Å². The fourth-order valence-corrected chi connectivity index (χ4v) is 0.364. The molecule has 0 aromatic carbocycles. The summed E-state index contributed by atoms with van der Waals surface area (Å²) in [6.07, 6.45) is 3.20. The van der Waals surface area contributed by atoms with Crippen molar-refractivity contribution in [3.05, 3.63) is 0 Å². The summed E-state index contributed by atoms with van der Waals surface area (Å²) in [5.74, 6) is 0. The first-order valence-electron chi connectivity index (χ1n) is 3.15. The zero-order valence-electron chi connectivity index (χ0n) is 6.31. The molecule has 2 heteroatoms. The van der Waals surface area contributed by atoms with Crippen molar-refractivity contribution >= 4 is 12.4 Å². The Morgan fingerprint density at radius 2 is 2.11 bits per heavy atom. The van der Waals surface area contributed by atoms with Crippen LogP contribution in [0.5, 0.6) is 0 Å². The summed E-state index contributed by atoms with van der Waals surface area (Å²) in [5.41, 5.74) is -0.157. The van der Waals surface area contributed by atoms with Crippen LogP contribution in [0.15, 0.2) is 4.99 Å². The summed E-state index contributed by atoms with van der Waals surface area (Å²) < 4.78 is 0. The van der Waals surface area contributed by atoms with Gasteiger partial charge in [-0.25, -0.2) is 0 Å². The van der Waals surface area contributed by atoms with Crippen LogP contribution in [0, 0.1) is 10.8 Å². The predicted octanol–water partition coefficient (Wildman–Crippen LogP) is 1.75. The summed E-state index contributed by atoms with van der Waals surface area (Å²) in [4.78, 5) is 4.04. The van der Waals surface area contributed by atoms with E-state index in [4.69, 9.17) is 5.41 Å². The highest BCUT2D eigenvalue weighted by atomic mass is 14.7. The molecule has 1 N–H and O–H groups in total. The molecule has 0 heterocycles. The normalized spacial score (nSPS) is 12.3. The second-order valence-electron chi connectivity index (χ2n) is 2.59. The van der Waals surface area contributed by atoms with Crippen molar-refractivity contribution in [1.82, 2.24) is 0 Å². The summed E-state index contributed by atoms with van der Waals surface area (Å²) >= 11 is 0. The third kappa shape index (κ3) is 3.88. The summed E-state index contributed by atoms with van der Waals surface area (Å²) in [6, 6.07) is 0. The maximum atomic E-state index is 6.97. The van der Waals surface area contributed by atoms with Gasteiger partial charge in [-0.15, -0.1) is 0 Å². The second kappa shape index (κ2) is 3.38. The number of aliphatic imine (C=N–C) groups is 1. The average molecular weight is 126 g/mol. The molecule has 0 spiro atoms. The Hall–Kier alpha value is -0.660. The van der Waals surface area contributed by atoms with Gasteiger partial charge in [0.15, 0.2) is 0 Å². The molecule has 0 bridgehead atoms. The number of nitrogens with one attached hydrogen (secondary N) is 1. The van der Waals surface area contributed by atoms with Gasteiger partial charge in [0.25, 0.3) is 0 Å². The lowest BCUT2D eigenvalue weighted by Crippen LogP contribution is -2.13. The third-order valence-corrected chi connectivity index (χ3v) is 0.979.